The first-order chi connectivity index (χ1) is 15.4. The molecule has 0 saturated carbocycles. The molecular formula is C24H22F3N3O2S. The Morgan fingerprint density at radius 1 is 0.939 bits per heavy atom. The first kappa shape index (κ1) is 23.0. The molecule has 0 N–H and O–H groups in total. The lowest BCUT2D eigenvalue weighted by atomic mass is 9.87. The second-order valence-electron chi connectivity index (χ2n) is 8.82. The molecule has 0 amide bonds. The number of fused-ring (bicyclic) bond motifs is 1. The molecular weight excluding hydrogens is 451 g/mol. The lowest BCUT2D eigenvalue weighted by molar-refractivity contribution is -0.141. The molecule has 0 bridgehead atoms. The Labute approximate surface area is 189 Å². The van der Waals surface area contributed by atoms with Crippen LogP contribution in [0.25, 0.3) is 16.6 Å². The molecule has 0 saturated heterocycles. The zero-order valence-corrected chi connectivity index (χ0v) is 19.1. The second kappa shape index (κ2) is 7.98. The highest BCUT2D eigenvalue weighted by molar-refractivity contribution is 7.90. The molecule has 5 nitrogen and oxygen atoms in total. The van der Waals surface area contributed by atoms with Gasteiger partial charge in [0.15, 0.2) is 15.5 Å². The molecule has 2 heterocycles. The van der Waals surface area contributed by atoms with Crippen molar-refractivity contribution in [1.82, 2.24) is 14.8 Å². The third kappa shape index (κ3) is 4.64. The average molecular weight is 474 g/mol. The first-order valence-corrected chi connectivity index (χ1v) is 11.8. The van der Waals surface area contributed by atoms with Gasteiger partial charge in [-0.15, -0.1) is 0 Å². The van der Waals surface area contributed by atoms with Crippen LogP contribution < -0.4 is 0 Å². The molecule has 0 atom stereocenters. The Balaban J connectivity index is 1.81. The highest BCUT2D eigenvalue weighted by Gasteiger charge is 2.36. The third-order valence-electron chi connectivity index (χ3n) is 5.33. The van der Waals surface area contributed by atoms with E-state index in [-0.39, 0.29) is 21.7 Å². The lowest BCUT2D eigenvalue weighted by Gasteiger charge is -2.19. The van der Waals surface area contributed by atoms with Gasteiger partial charge in [-0.1, -0.05) is 51.1 Å². The fourth-order valence-corrected chi connectivity index (χ4v) is 4.88. The van der Waals surface area contributed by atoms with Crippen LogP contribution in [-0.2, 0) is 27.2 Å². The van der Waals surface area contributed by atoms with Crippen molar-refractivity contribution >= 4 is 20.7 Å². The molecule has 0 unspecified atom stereocenters. The third-order valence-corrected chi connectivity index (χ3v) is 7.00. The van der Waals surface area contributed by atoms with E-state index in [9.17, 15) is 21.6 Å². The van der Waals surface area contributed by atoms with Crippen LogP contribution >= 0.6 is 0 Å². The van der Waals surface area contributed by atoms with Crippen LogP contribution in [0.1, 0.15) is 37.7 Å². The van der Waals surface area contributed by atoms with Crippen LogP contribution in [-0.4, -0.2) is 23.2 Å². The van der Waals surface area contributed by atoms with E-state index in [0.29, 0.717) is 10.9 Å². The number of nitrogens with zero attached hydrogens (tertiary/aromatic N) is 3. The van der Waals surface area contributed by atoms with Crippen molar-refractivity contribution in [2.24, 2.45) is 0 Å². The number of para-hydroxylation sites is 1. The van der Waals surface area contributed by atoms with Gasteiger partial charge in [0.25, 0.3) is 0 Å². The zero-order valence-electron chi connectivity index (χ0n) is 18.3. The van der Waals surface area contributed by atoms with Crippen LogP contribution in [0.5, 0.6) is 0 Å². The van der Waals surface area contributed by atoms with Crippen molar-refractivity contribution in [2.45, 2.75) is 43.0 Å². The Kier molecular flexibility index (Phi) is 5.56. The van der Waals surface area contributed by atoms with Crippen LogP contribution in [0.2, 0.25) is 0 Å². The number of pyridine rings is 1. The summed E-state index contributed by atoms with van der Waals surface area (Å²) in [5.41, 5.74) is 0.225. The number of alkyl halides is 3. The van der Waals surface area contributed by atoms with E-state index >= 15 is 0 Å². The Morgan fingerprint density at radius 2 is 1.61 bits per heavy atom. The van der Waals surface area contributed by atoms with Crippen molar-refractivity contribution in [3.63, 3.8) is 0 Å². The predicted molar refractivity (Wildman–Crippen MR) is 120 cm³/mol. The van der Waals surface area contributed by atoms with E-state index in [1.54, 1.807) is 42.5 Å². The molecule has 0 aliphatic rings. The van der Waals surface area contributed by atoms with E-state index in [4.69, 9.17) is 0 Å². The fraction of sp³-hybridized carbons (Fsp3) is 0.250. The van der Waals surface area contributed by atoms with Crippen LogP contribution in [0.3, 0.4) is 0 Å². The van der Waals surface area contributed by atoms with Gasteiger partial charge in [-0.25, -0.2) is 13.1 Å². The summed E-state index contributed by atoms with van der Waals surface area (Å²) in [6.45, 7) is 6.02. The van der Waals surface area contributed by atoms with Crippen LogP contribution in [0, 0.1) is 0 Å². The van der Waals surface area contributed by atoms with Gasteiger partial charge in [0, 0.05) is 11.6 Å². The molecule has 33 heavy (non-hydrogen) atoms. The van der Waals surface area contributed by atoms with Gasteiger partial charge >= 0.3 is 6.18 Å². The molecule has 9 heteroatoms. The van der Waals surface area contributed by atoms with Crippen molar-refractivity contribution in [2.75, 3.05) is 0 Å². The molecule has 0 fully saturated rings. The van der Waals surface area contributed by atoms with Crippen LogP contribution in [0.15, 0.2) is 71.8 Å². The monoisotopic (exact) mass is 473 g/mol. The largest absolute Gasteiger partial charge is 0.435 e. The van der Waals surface area contributed by atoms with Gasteiger partial charge in [-0.05, 0) is 41.3 Å². The van der Waals surface area contributed by atoms with Gasteiger partial charge in [0.05, 0.1) is 27.5 Å². The van der Waals surface area contributed by atoms with E-state index < -0.39 is 27.5 Å². The molecule has 2 aromatic heterocycles. The highest BCUT2D eigenvalue weighted by Crippen LogP contribution is 2.32. The number of sulfone groups is 1. The standard InChI is InChI=1S/C24H22F3N3O2S/c1-23(2,3)17-9-11-19(12-10-17)33(31,32)15-18-14-21(24(25,26)27)29-30(18)20-8-4-6-16-7-5-13-28-22(16)20/h4-14H,15H2,1-3H3. The molecule has 0 spiro atoms. The smallest absolute Gasteiger partial charge is 0.254 e. The zero-order chi connectivity index (χ0) is 24.0. The SMILES string of the molecule is CC(C)(C)c1ccc(S(=O)(=O)Cc2cc(C(F)(F)F)nn2-c2cccc3cccnc23)cc1. The van der Waals surface area contributed by atoms with Crippen molar-refractivity contribution in [3.05, 3.63) is 83.8 Å². The molecule has 4 aromatic rings. The summed E-state index contributed by atoms with van der Waals surface area (Å²) in [6.07, 6.45) is -3.21. The average Bonchev–Trinajstić information content (AvgIpc) is 3.16. The van der Waals surface area contributed by atoms with E-state index in [1.165, 1.54) is 18.3 Å². The minimum Gasteiger partial charge on any atom is -0.254 e. The molecule has 172 valence electrons. The Hall–Kier alpha value is -3.20. The summed E-state index contributed by atoms with van der Waals surface area (Å²) in [7, 11) is -3.94. The summed E-state index contributed by atoms with van der Waals surface area (Å²) in [4.78, 5) is 4.30. The predicted octanol–water partition coefficient (Wildman–Crippen LogP) is 5.71. The highest BCUT2D eigenvalue weighted by atomic mass is 32.2. The van der Waals surface area contributed by atoms with Crippen LogP contribution in [0.4, 0.5) is 13.2 Å². The van der Waals surface area contributed by atoms with Gasteiger partial charge in [0.1, 0.15) is 0 Å². The second-order valence-corrected chi connectivity index (χ2v) is 10.8. The lowest BCUT2D eigenvalue weighted by Crippen LogP contribution is -2.13. The molecule has 2 aromatic carbocycles. The summed E-state index contributed by atoms with van der Waals surface area (Å²) in [5.74, 6) is -0.645. The Bertz CT molecular complexity index is 1410. The summed E-state index contributed by atoms with van der Waals surface area (Å²) in [6, 6.07) is 15.7. The Morgan fingerprint density at radius 3 is 2.24 bits per heavy atom. The van der Waals surface area contributed by atoms with E-state index in [0.717, 1.165) is 16.3 Å². The fourth-order valence-electron chi connectivity index (χ4n) is 3.57. The number of benzene rings is 2. The maximum atomic E-state index is 13.5. The van der Waals surface area contributed by atoms with Crippen molar-refractivity contribution < 1.29 is 21.6 Å². The summed E-state index contributed by atoms with van der Waals surface area (Å²) < 4.78 is 67.7. The number of rotatable bonds is 4. The van der Waals surface area contributed by atoms with E-state index in [1.807, 2.05) is 20.8 Å². The number of aromatic nitrogens is 3. The first-order valence-electron chi connectivity index (χ1n) is 10.2. The summed E-state index contributed by atoms with van der Waals surface area (Å²) >= 11 is 0. The molecule has 0 aliphatic carbocycles. The number of hydrogen-bond acceptors (Lipinski definition) is 4. The van der Waals surface area contributed by atoms with Gasteiger partial charge in [-0.2, -0.15) is 18.3 Å². The van der Waals surface area contributed by atoms with Crippen molar-refractivity contribution in [3.8, 4) is 5.69 Å². The maximum absolute atomic E-state index is 13.5. The number of halogens is 3. The van der Waals surface area contributed by atoms with Gasteiger partial charge in [0.2, 0.25) is 0 Å². The summed E-state index contributed by atoms with van der Waals surface area (Å²) in [5, 5.41) is 4.41. The molecule has 0 radical (unpaired) electrons. The number of hydrogen-bond donors (Lipinski definition) is 0. The van der Waals surface area contributed by atoms with E-state index in [2.05, 4.69) is 10.1 Å². The molecule has 0 aliphatic heterocycles. The normalized spacial score (nSPS) is 12.9. The van der Waals surface area contributed by atoms with Gasteiger partial charge in [-0.3, -0.25) is 4.98 Å². The van der Waals surface area contributed by atoms with Crippen molar-refractivity contribution in [1.29, 1.82) is 0 Å². The quantitative estimate of drug-likeness (QED) is 0.381. The topological polar surface area (TPSA) is 64.8 Å². The minimum atomic E-state index is -4.73. The minimum absolute atomic E-state index is 0.0350. The maximum Gasteiger partial charge on any atom is 0.435 e. The van der Waals surface area contributed by atoms with Gasteiger partial charge < -0.3 is 0 Å². The molecule has 4 rings (SSSR count).